The Morgan fingerprint density at radius 3 is 2.38 bits per heavy atom. The summed E-state index contributed by atoms with van der Waals surface area (Å²) in [5.41, 5.74) is 1.73. The first-order valence-electron chi connectivity index (χ1n) is 4.94. The third-order valence-electron chi connectivity index (χ3n) is 2.22. The van der Waals surface area contributed by atoms with Gasteiger partial charge < -0.3 is 0 Å². The highest BCUT2D eigenvalue weighted by molar-refractivity contribution is 7.89. The number of nitrogens with one attached hydrogen (secondary N) is 1. The third-order valence-corrected chi connectivity index (χ3v) is 3.57. The molecule has 0 heterocycles. The Balaban J connectivity index is 2.93. The van der Waals surface area contributed by atoms with Gasteiger partial charge in [0.15, 0.2) is 0 Å². The van der Waals surface area contributed by atoms with Crippen LogP contribution in [0.3, 0.4) is 0 Å². The van der Waals surface area contributed by atoms with Crippen LogP contribution in [-0.2, 0) is 10.0 Å². The van der Waals surface area contributed by atoms with Crippen molar-refractivity contribution in [2.24, 2.45) is 0 Å². The van der Waals surface area contributed by atoms with E-state index >= 15 is 0 Å². The van der Waals surface area contributed by atoms with Crippen LogP contribution in [0.15, 0.2) is 24.3 Å². The van der Waals surface area contributed by atoms with Gasteiger partial charge in [-0.3, -0.25) is 0 Å². The van der Waals surface area contributed by atoms with E-state index in [0.717, 1.165) is 5.56 Å². The molecular formula is C11H14N2O2S. The lowest BCUT2D eigenvalue weighted by molar-refractivity contribution is 0.577. The van der Waals surface area contributed by atoms with Gasteiger partial charge in [0.2, 0.25) is 10.0 Å². The molecule has 0 amide bonds. The van der Waals surface area contributed by atoms with Gasteiger partial charge in [0.25, 0.3) is 0 Å². The molecule has 1 N–H and O–H groups in total. The molecule has 0 aliphatic heterocycles. The van der Waals surface area contributed by atoms with E-state index in [2.05, 4.69) is 4.72 Å². The van der Waals surface area contributed by atoms with E-state index in [-0.39, 0.29) is 5.75 Å². The average Bonchev–Trinajstić information content (AvgIpc) is 2.27. The maximum absolute atomic E-state index is 11.3. The largest absolute Gasteiger partial charge is 0.212 e. The fourth-order valence-electron chi connectivity index (χ4n) is 1.19. The van der Waals surface area contributed by atoms with Crippen LogP contribution in [0, 0.1) is 18.3 Å². The quantitative estimate of drug-likeness (QED) is 0.864. The fraction of sp³-hybridized carbons (Fsp3) is 0.364. The van der Waals surface area contributed by atoms with Crippen LogP contribution < -0.4 is 4.72 Å². The zero-order valence-electron chi connectivity index (χ0n) is 9.27. The number of nitrogens with zero attached hydrogens (tertiary/aromatic N) is 1. The summed E-state index contributed by atoms with van der Waals surface area (Å²) in [5.74, 6) is -0.0307. The van der Waals surface area contributed by atoms with Crippen molar-refractivity contribution in [2.45, 2.75) is 19.9 Å². The number of benzene rings is 1. The van der Waals surface area contributed by atoms with Crippen molar-refractivity contribution >= 4 is 10.0 Å². The van der Waals surface area contributed by atoms with Crippen molar-refractivity contribution in [3.05, 3.63) is 35.4 Å². The first kappa shape index (κ1) is 12.7. The van der Waals surface area contributed by atoms with Gasteiger partial charge in [-0.1, -0.05) is 29.8 Å². The Labute approximate surface area is 96.0 Å². The van der Waals surface area contributed by atoms with Gasteiger partial charge in [-0.15, -0.1) is 0 Å². The van der Waals surface area contributed by atoms with Crippen molar-refractivity contribution in [2.75, 3.05) is 5.75 Å². The van der Waals surface area contributed by atoms with E-state index in [1.165, 1.54) is 6.92 Å². The van der Waals surface area contributed by atoms with E-state index in [1.807, 2.05) is 25.1 Å². The number of sulfonamides is 1. The van der Waals surface area contributed by atoms with Gasteiger partial charge in [-0.2, -0.15) is 9.98 Å². The highest BCUT2D eigenvalue weighted by Gasteiger charge is 2.16. The van der Waals surface area contributed by atoms with E-state index in [1.54, 1.807) is 12.1 Å². The molecule has 0 radical (unpaired) electrons. The average molecular weight is 238 g/mol. The molecule has 0 aliphatic carbocycles. The summed E-state index contributed by atoms with van der Waals surface area (Å²) in [6, 6.07) is 8.32. The normalized spacial score (nSPS) is 13.1. The van der Waals surface area contributed by atoms with E-state index < -0.39 is 16.1 Å². The minimum absolute atomic E-state index is 0.0307. The number of aryl methyl sites for hydroxylation is 1. The van der Waals surface area contributed by atoms with Gasteiger partial charge in [-0.25, -0.2) is 8.42 Å². The zero-order valence-corrected chi connectivity index (χ0v) is 10.1. The minimum Gasteiger partial charge on any atom is -0.212 e. The molecule has 0 saturated carbocycles. The molecule has 0 bridgehead atoms. The van der Waals surface area contributed by atoms with E-state index in [9.17, 15) is 8.42 Å². The molecule has 0 saturated heterocycles. The van der Waals surface area contributed by atoms with Crippen molar-refractivity contribution in [3.8, 4) is 6.07 Å². The molecule has 0 aliphatic rings. The second-order valence-electron chi connectivity index (χ2n) is 3.49. The summed E-state index contributed by atoms with van der Waals surface area (Å²) in [4.78, 5) is 0. The summed E-state index contributed by atoms with van der Waals surface area (Å²) in [7, 11) is -3.36. The molecule has 5 heteroatoms. The lowest BCUT2D eigenvalue weighted by Crippen LogP contribution is -2.29. The Kier molecular flexibility index (Phi) is 4.05. The topological polar surface area (TPSA) is 70.0 Å². The highest BCUT2D eigenvalue weighted by Crippen LogP contribution is 2.14. The molecule has 1 aromatic rings. The first-order valence-corrected chi connectivity index (χ1v) is 6.60. The van der Waals surface area contributed by atoms with Crippen LogP contribution in [0.5, 0.6) is 0 Å². The van der Waals surface area contributed by atoms with Crippen molar-refractivity contribution < 1.29 is 8.42 Å². The number of rotatable bonds is 4. The fourth-order valence-corrected chi connectivity index (χ4v) is 1.91. The number of hydrogen-bond donors (Lipinski definition) is 1. The van der Waals surface area contributed by atoms with Gasteiger partial charge >= 0.3 is 0 Å². The Morgan fingerprint density at radius 2 is 1.94 bits per heavy atom. The monoisotopic (exact) mass is 238 g/mol. The summed E-state index contributed by atoms with van der Waals surface area (Å²) >= 11 is 0. The molecule has 16 heavy (non-hydrogen) atoms. The van der Waals surface area contributed by atoms with Gasteiger partial charge in [0.05, 0.1) is 11.8 Å². The summed E-state index contributed by atoms with van der Waals surface area (Å²) < 4.78 is 25.0. The molecule has 0 aromatic heterocycles. The van der Waals surface area contributed by atoms with Crippen LogP contribution >= 0.6 is 0 Å². The highest BCUT2D eigenvalue weighted by atomic mass is 32.2. The molecule has 1 unspecified atom stereocenters. The summed E-state index contributed by atoms with van der Waals surface area (Å²) in [5, 5.41) is 8.93. The maximum atomic E-state index is 11.3. The zero-order chi connectivity index (χ0) is 12.2. The summed E-state index contributed by atoms with van der Waals surface area (Å²) in [6.07, 6.45) is 0. The van der Waals surface area contributed by atoms with Crippen molar-refractivity contribution in [1.82, 2.24) is 4.72 Å². The molecule has 1 rings (SSSR count). The molecule has 4 nitrogen and oxygen atoms in total. The number of nitriles is 1. The molecule has 0 fully saturated rings. The van der Waals surface area contributed by atoms with Crippen molar-refractivity contribution in [3.63, 3.8) is 0 Å². The Hall–Kier alpha value is -1.38. The van der Waals surface area contributed by atoms with Crippen LogP contribution in [0.4, 0.5) is 0 Å². The minimum atomic E-state index is -3.36. The maximum Gasteiger partial charge on any atom is 0.212 e. The van der Waals surface area contributed by atoms with Crippen molar-refractivity contribution in [1.29, 1.82) is 5.26 Å². The van der Waals surface area contributed by atoms with Crippen LogP contribution in [0.1, 0.15) is 24.1 Å². The second-order valence-corrected chi connectivity index (χ2v) is 5.54. The molecule has 86 valence electrons. The van der Waals surface area contributed by atoms with E-state index in [4.69, 9.17) is 5.26 Å². The standard InChI is InChI=1S/C11H14N2O2S/c1-3-16(14,15)13-11(8-12)10-6-4-9(2)5-7-10/h4-7,11,13H,3H2,1-2H3. The smallest absolute Gasteiger partial charge is 0.212 e. The SMILES string of the molecule is CCS(=O)(=O)NC(C#N)c1ccc(C)cc1. The van der Waals surface area contributed by atoms with Crippen LogP contribution in [0.25, 0.3) is 0 Å². The number of hydrogen-bond acceptors (Lipinski definition) is 3. The van der Waals surface area contributed by atoms with Gasteiger partial charge in [0.1, 0.15) is 6.04 Å². The van der Waals surface area contributed by atoms with Crippen LogP contribution in [0.2, 0.25) is 0 Å². The Morgan fingerprint density at radius 1 is 1.38 bits per heavy atom. The lowest BCUT2D eigenvalue weighted by Gasteiger charge is -2.11. The summed E-state index contributed by atoms with van der Waals surface area (Å²) in [6.45, 7) is 3.47. The molecular weight excluding hydrogens is 224 g/mol. The van der Waals surface area contributed by atoms with Gasteiger partial charge in [-0.05, 0) is 19.4 Å². The van der Waals surface area contributed by atoms with Gasteiger partial charge in [0, 0.05) is 0 Å². The van der Waals surface area contributed by atoms with Crippen LogP contribution in [-0.4, -0.2) is 14.2 Å². The lowest BCUT2D eigenvalue weighted by atomic mass is 10.1. The second kappa shape index (κ2) is 5.10. The Bertz CT molecular complexity index is 486. The predicted molar refractivity (Wildman–Crippen MR) is 62.1 cm³/mol. The molecule has 0 spiro atoms. The predicted octanol–water partition coefficient (Wildman–Crippen LogP) is 1.50. The molecule has 1 atom stereocenters. The first-order chi connectivity index (χ1) is 7.48. The third kappa shape index (κ3) is 3.33. The van der Waals surface area contributed by atoms with E-state index in [0.29, 0.717) is 5.56 Å². The molecule has 1 aromatic carbocycles.